The third-order valence-corrected chi connectivity index (χ3v) is 10.3. The fourth-order valence-corrected chi connectivity index (χ4v) is 6.95. The number of fused-ring (bicyclic) bond motifs is 1. The number of aliphatic hydroxyl groups is 1. The van der Waals surface area contributed by atoms with Crippen LogP contribution in [0.25, 0.3) is 10.9 Å². The Kier molecular flexibility index (Phi) is 19.4. The van der Waals surface area contributed by atoms with E-state index in [4.69, 9.17) is 22.9 Å². The number of carbonyl (C=O) groups is 10. The Morgan fingerprint density at radius 3 is 2.00 bits per heavy atom. The number of amides is 8. The van der Waals surface area contributed by atoms with Gasteiger partial charge in [0.05, 0.1) is 25.0 Å². The first-order chi connectivity index (χ1) is 29.7. The molecule has 346 valence electrons. The number of carbonyl (C=O) groups excluding carboxylic acids is 8. The molecule has 3 rings (SSSR count). The van der Waals surface area contributed by atoms with Crippen molar-refractivity contribution in [3.05, 3.63) is 36.0 Å². The molecule has 63 heavy (non-hydrogen) atoms. The highest BCUT2D eigenvalue weighted by Crippen LogP contribution is 2.21. The topological polar surface area (TPSA) is 415 Å². The number of nitrogens with two attached hydrogens (primary N) is 4. The van der Waals surface area contributed by atoms with Gasteiger partial charge in [-0.05, 0) is 63.6 Å². The van der Waals surface area contributed by atoms with Crippen LogP contribution in [0.15, 0.2) is 30.5 Å². The molecule has 1 aromatic carbocycles. The van der Waals surface area contributed by atoms with Gasteiger partial charge in [0.25, 0.3) is 0 Å². The van der Waals surface area contributed by atoms with Crippen molar-refractivity contribution in [3.8, 4) is 0 Å². The normalized spacial score (nSPS) is 16.9. The van der Waals surface area contributed by atoms with Crippen LogP contribution in [-0.2, 0) is 54.4 Å². The Balaban J connectivity index is 1.81. The summed E-state index contributed by atoms with van der Waals surface area (Å²) in [6.07, 6.45) is -1.64. The van der Waals surface area contributed by atoms with Crippen molar-refractivity contribution in [3.63, 3.8) is 0 Å². The molecule has 0 spiro atoms. The van der Waals surface area contributed by atoms with E-state index in [0.717, 1.165) is 4.90 Å². The summed E-state index contributed by atoms with van der Waals surface area (Å²) in [5.74, 6) is -10.6. The number of aromatic nitrogens is 1. The van der Waals surface area contributed by atoms with E-state index in [1.807, 2.05) is 0 Å². The number of primary amides is 2. The Bertz CT molecular complexity index is 2010. The second-order valence-corrected chi connectivity index (χ2v) is 15.2. The number of hydrogen-bond donors (Lipinski definition) is 13. The van der Waals surface area contributed by atoms with Gasteiger partial charge in [0.2, 0.25) is 47.3 Å². The maximum Gasteiger partial charge on any atom is 0.326 e. The second kappa shape index (κ2) is 24.1. The number of rotatable bonds is 26. The Morgan fingerprint density at radius 1 is 0.794 bits per heavy atom. The van der Waals surface area contributed by atoms with Gasteiger partial charge in [-0.1, -0.05) is 18.2 Å². The molecule has 1 aliphatic rings. The monoisotopic (exact) mass is 887 g/mol. The van der Waals surface area contributed by atoms with E-state index in [2.05, 4.69) is 31.6 Å². The van der Waals surface area contributed by atoms with Crippen LogP contribution in [0.4, 0.5) is 0 Å². The summed E-state index contributed by atoms with van der Waals surface area (Å²) in [4.78, 5) is 132. The second-order valence-electron chi connectivity index (χ2n) is 15.2. The molecule has 0 bridgehead atoms. The molecule has 8 amide bonds. The fraction of sp³-hybridized carbons (Fsp3) is 0.538. The molecule has 1 saturated heterocycles. The largest absolute Gasteiger partial charge is 0.481 e. The SMILES string of the molecule is C[C@@H](O)[C@H](NC(=O)[C@@H](N)CC(N)=O)C(=O)N1CCC[C@H]1C(=O)N[C@@H](CCCCN)C(=O)N[C@@H](CCC(=O)O)C(=O)N[C@@H](CC(N)=O)C(=O)N[C@@H](Cc1c[nH]c2ccccc12)C(=O)O. The van der Waals surface area contributed by atoms with Crippen LogP contribution in [0.3, 0.4) is 0 Å². The molecule has 1 aromatic heterocycles. The Hall–Kier alpha value is -6.66. The zero-order valence-electron chi connectivity index (χ0n) is 34.7. The van der Waals surface area contributed by atoms with Gasteiger partial charge in [0.15, 0.2) is 0 Å². The van der Waals surface area contributed by atoms with E-state index in [1.165, 1.54) is 6.92 Å². The summed E-state index contributed by atoms with van der Waals surface area (Å²) < 4.78 is 0. The maximum atomic E-state index is 13.9. The molecule has 0 radical (unpaired) electrons. The standard InChI is InChI=1S/C39H57N11O13/c1-19(51)32(49-33(56)22(41)16-29(42)52)38(61)50-14-6-10-28(50)37(60)46-24(9-4-5-13-40)34(57)45-25(11-12-31(54)55)35(58)47-26(17-30(43)53)36(59)48-27(39(62)63)15-20-18-44-23-8-3-2-7-21(20)23/h2-3,7-8,18-19,22,24-28,32,44,51H,4-6,9-17,40-41H2,1H3,(H2,42,52)(H2,43,53)(H,45,57)(H,46,60)(H,47,58)(H,48,59)(H,49,56)(H,54,55)(H,62,63)/t19-,22+,24+,25+,26+,27+,28+,32+/m1/s1. The van der Waals surface area contributed by atoms with Crippen LogP contribution in [0.2, 0.25) is 0 Å². The molecule has 24 nitrogen and oxygen atoms in total. The number of carboxylic acid groups (broad SMARTS) is 2. The number of nitrogens with one attached hydrogen (secondary N) is 6. The van der Waals surface area contributed by atoms with Crippen LogP contribution in [-0.4, -0.2) is 146 Å². The van der Waals surface area contributed by atoms with Crippen molar-refractivity contribution in [1.82, 2.24) is 36.5 Å². The van der Waals surface area contributed by atoms with Gasteiger partial charge in [-0.25, -0.2) is 4.79 Å². The molecular formula is C39H57N11O13. The minimum atomic E-state index is -1.77. The molecule has 24 heteroatoms. The molecule has 0 aliphatic carbocycles. The van der Waals surface area contributed by atoms with E-state index in [1.54, 1.807) is 30.5 Å². The van der Waals surface area contributed by atoms with Gasteiger partial charge in [-0.2, -0.15) is 0 Å². The molecule has 8 atom stereocenters. The van der Waals surface area contributed by atoms with Crippen LogP contribution < -0.4 is 49.5 Å². The molecule has 0 saturated carbocycles. The van der Waals surface area contributed by atoms with Crippen molar-refractivity contribution in [2.45, 2.75) is 120 Å². The number of aliphatic carboxylic acids is 2. The number of H-pyrrole nitrogens is 1. The van der Waals surface area contributed by atoms with Crippen LogP contribution in [0.1, 0.15) is 70.3 Å². The summed E-state index contributed by atoms with van der Waals surface area (Å²) in [5.41, 5.74) is 23.1. The Labute approximate surface area is 360 Å². The van der Waals surface area contributed by atoms with Gasteiger partial charge in [0, 0.05) is 36.5 Å². The predicted octanol–water partition coefficient (Wildman–Crippen LogP) is -4.34. The summed E-state index contributed by atoms with van der Waals surface area (Å²) in [6.45, 7) is 1.44. The minimum absolute atomic E-state index is 0.0150. The summed E-state index contributed by atoms with van der Waals surface area (Å²) in [6, 6.07) is -3.60. The number of para-hydroxylation sites is 1. The maximum absolute atomic E-state index is 13.9. The third kappa shape index (κ3) is 15.3. The number of carboxylic acids is 2. The first-order valence-electron chi connectivity index (χ1n) is 20.3. The summed E-state index contributed by atoms with van der Waals surface area (Å²) >= 11 is 0. The zero-order valence-corrected chi connectivity index (χ0v) is 34.7. The van der Waals surface area contributed by atoms with Gasteiger partial charge in [0.1, 0.15) is 36.3 Å². The van der Waals surface area contributed by atoms with Gasteiger partial charge in [-0.3, -0.25) is 43.2 Å². The average molecular weight is 888 g/mol. The number of aliphatic hydroxyl groups excluding tert-OH is 1. The molecule has 0 unspecified atom stereocenters. The number of unbranched alkanes of at least 4 members (excludes halogenated alkanes) is 1. The van der Waals surface area contributed by atoms with Crippen molar-refractivity contribution in [1.29, 1.82) is 0 Å². The smallest absolute Gasteiger partial charge is 0.326 e. The highest BCUT2D eigenvalue weighted by molar-refractivity contribution is 5.98. The highest BCUT2D eigenvalue weighted by Gasteiger charge is 2.41. The predicted molar refractivity (Wildman–Crippen MR) is 221 cm³/mol. The fourth-order valence-electron chi connectivity index (χ4n) is 6.95. The van der Waals surface area contributed by atoms with Crippen LogP contribution in [0, 0.1) is 0 Å². The molecule has 2 aromatic rings. The molecular weight excluding hydrogens is 830 g/mol. The van der Waals surface area contributed by atoms with E-state index in [-0.39, 0.29) is 38.8 Å². The summed E-state index contributed by atoms with van der Waals surface area (Å²) in [7, 11) is 0. The number of nitrogens with zero attached hydrogens (tertiary/aromatic N) is 1. The minimum Gasteiger partial charge on any atom is -0.481 e. The Morgan fingerprint density at radius 2 is 1.40 bits per heavy atom. The van der Waals surface area contributed by atoms with Crippen molar-refractivity contribution in [2.75, 3.05) is 13.1 Å². The number of hydrogen-bond acceptors (Lipinski definition) is 13. The highest BCUT2D eigenvalue weighted by atomic mass is 16.4. The lowest BCUT2D eigenvalue weighted by Crippen LogP contribution is -2.61. The molecule has 1 aliphatic heterocycles. The quantitative estimate of drug-likeness (QED) is 0.0397. The first kappa shape index (κ1) is 50.7. The van der Waals surface area contributed by atoms with Crippen molar-refractivity contribution < 1.29 is 63.3 Å². The van der Waals surface area contributed by atoms with Crippen molar-refractivity contribution in [2.24, 2.45) is 22.9 Å². The van der Waals surface area contributed by atoms with E-state index < -0.39 is 133 Å². The number of likely N-dealkylation sites (tertiary alicyclic amines) is 1. The lowest BCUT2D eigenvalue weighted by Gasteiger charge is -2.31. The first-order valence-corrected chi connectivity index (χ1v) is 20.3. The lowest BCUT2D eigenvalue weighted by atomic mass is 10.0. The van der Waals surface area contributed by atoms with Crippen molar-refractivity contribution >= 4 is 70.1 Å². The number of aromatic amines is 1. The van der Waals surface area contributed by atoms with Gasteiger partial charge >= 0.3 is 11.9 Å². The summed E-state index contributed by atoms with van der Waals surface area (Å²) in [5, 5.41) is 42.3. The average Bonchev–Trinajstić information content (AvgIpc) is 3.87. The van der Waals surface area contributed by atoms with Crippen LogP contribution in [0.5, 0.6) is 0 Å². The van der Waals surface area contributed by atoms with Crippen LogP contribution >= 0.6 is 0 Å². The van der Waals surface area contributed by atoms with Gasteiger partial charge in [-0.15, -0.1) is 0 Å². The molecule has 2 heterocycles. The van der Waals surface area contributed by atoms with E-state index in [0.29, 0.717) is 29.3 Å². The number of benzene rings is 1. The molecule has 1 fully saturated rings. The van der Waals surface area contributed by atoms with E-state index >= 15 is 0 Å². The lowest BCUT2D eigenvalue weighted by molar-refractivity contribution is -0.144. The third-order valence-electron chi connectivity index (χ3n) is 10.3. The van der Waals surface area contributed by atoms with E-state index in [9.17, 15) is 63.3 Å². The van der Waals surface area contributed by atoms with Gasteiger partial charge < -0.3 is 74.7 Å². The molecule has 17 N–H and O–H groups in total. The zero-order chi connectivity index (χ0) is 47.0.